The van der Waals surface area contributed by atoms with Crippen molar-refractivity contribution in [2.45, 2.75) is 11.8 Å². The highest BCUT2D eigenvalue weighted by molar-refractivity contribution is 6.09. The largest absolute Gasteiger partial charge is 0.497 e. The third-order valence-corrected chi connectivity index (χ3v) is 4.34. The van der Waals surface area contributed by atoms with E-state index in [0.717, 1.165) is 15.4 Å². The molecule has 2 aliphatic rings. The second-order valence-corrected chi connectivity index (χ2v) is 5.52. The number of aliphatic hydroxyl groups is 1. The van der Waals surface area contributed by atoms with Gasteiger partial charge in [0, 0.05) is 19.7 Å². The molecule has 1 spiro atoms. The maximum absolute atomic E-state index is 12.8. The van der Waals surface area contributed by atoms with Gasteiger partial charge in [0.25, 0.3) is 5.91 Å². The number of likely N-dealkylation sites (N-methyl/N-ethyl adjacent to an activating group) is 2. The summed E-state index contributed by atoms with van der Waals surface area (Å²) >= 11 is 0. The Kier molecular flexibility index (Phi) is 3.62. The molecule has 23 heavy (non-hydrogen) atoms. The molecule has 0 saturated carbocycles. The van der Waals surface area contributed by atoms with Crippen molar-refractivity contribution in [2.75, 3.05) is 27.8 Å². The molecule has 1 aromatic carbocycles. The minimum Gasteiger partial charge on any atom is -0.497 e. The van der Waals surface area contributed by atoms with Crippen molar-refractivity contribution in [2.24, 2.45) is 0 Å². The first-order valence-electron chi connectivity index (χ1n) is 7.15. The van der Waals surface area contributed by atoms with Gasteiger partial charge in [-0.3, -0.25) is 14.6 Å². The molecule has 1 aromatic rings. The molecular weight excluding hydrogens is 300 g/mol. The van der Waals surface area contributed by atoms with Crippen LogP contribution in [0.25, 0.3) is 5.57 Å². The van der Waals surface area contributed by atoms with Crippen LogP contribution in [0.3, 0.4) is 0 Å². The summed E-state index contributed by atoms with van der Waals surface area (Å²) in [5, 5.41) is 10.6. The Labute approximate surface area is 133 Å². The standard InChI is InChI=1S/C16H18N2O5/c1-17-13(19)16(14(20)18(2)15(17)21)12(8-9-23-16)10-4-6-11(22-3)7-5-10/h4-8,13,19H,9H2,1-3H3. The maximum Gasteiger partial charge on any atom is 0.328 e. The van der Waals surface area contributed by atoms with Crippen LogP contribution in [0, 0.1) is 0 Å². The predicted molar refractivity (Wildman–Crippen MR) is 81.6 cm³/mol. The molecular formula is C16H18N2O5. The highest BCUT2D eigenvalue weighted by Gasteiger charge is 2.60. The Morgan fingerprint density at radius 1 is 1.26 bits per heavy atom. The van der Waals surface area contributed by atoms with Gasteiger partial charge in [-0.15, -0.1) is 0 Å². The molecule has 7 nitrogen and oxygen atoms in total. The van der Waals surface area contributed by atoms with E-state index in [9.17, 15) is 14.7 Å². The number of imide groups is 1. The molecule has 122 valence electrons. The molecule has 2 aliphatic heterocycles. The van der Waals surface area contributed by atoms with Crippen LogP contribution in [0.1, 0.15) is 5.56 Å². The fourth-order valence-electron chi connectivity index (χ4n) is 3.04. The summed E-state index contributed by atoms with van der Waals surface area (Å²) in [5.74, 6) is 0.106. The van der Waals surface area contributed by atoms with E-state index in [1.54, 1.807) is 37.5 Å². The minimum absolute atomic E-state index is 0.181. The Bertz CT molecular complexity index is 684. The second-order valence-electron chi connectivity index (χ2n) is 5.52. The number of ether oxygens (including phenoxy) is 2. The average molecular weight is 318 g/mol. The van der Waals surface area contributed by atoms with Crippen molar-refractivity contribution in [1.29, 1.82) is 0 Å². The van der Waals surface area contributed by atoms with Crippen LogP contribution < -0.4 is 4.74 Å². The number of amides is 3. The van der Waals surface area contributed by atoms with Gasteiger partial charge in [0.2, 0.25) is 5.60 Å². The Morgan fingerprint density at radius 2 is 1.91 bits per heavy atom. The lowest BCUT2D eigenvalue weighted by Crippen LogP contribution is -2.69. The second kappa shape index (κ2) is 5.36. The zero-order chi connectivity index (χ0) is 16.8. The van der Waals surface area contributed by atoms with Crippen molar-refractivity contribution >= 4 is 17.5 Å². The molecule has 1 saturated heterocycles. The quantitative estimate of drug-likeness (QED) is 0.868. The molecule has 2 unspecified atom stereocenters. The first-order valence-corrected chi connectivity index (χ1v) is 7.15. The smallest absolute Gasteiger partial charge is 0.328 e. The van der Waals surface area contributed by atoms with E-state index in [4.69, 9.17) is 9.47 Å². The van der Waals surface area contributed by atoms with Crippen molar-refractivity contribution in [1.82, 2.24) is 9.80 Å². The molecule has 2 heterocycles. The van der Waals surface area contributed by atoms with Crippen LogP contribution in [-0.4, -0.2) is 66.5 Å². The Balaban J connectivity index is 2.07. The van der Waals surface area contributed by atoms with Crippen LogP contribution in [0.2, 0.25) is 0 Å². The van der Waals surface area contributed by atoms with Crippen molar-refractivity contribution in [3.8, 4) is 5.75 Å². The van der Waals surface area contributed by atoms with Gasteiger partial charge in [0.05, 0.1) is 13.7 Å². The van der Waals surface area contributed by atoms with E-state index in [-0.39, 0.29) is 6.61 Å². The lowest BCUT2D eigenvalue weighted by molar-refractivity contribution is -0.176. The molecule has 1 fully saturated rings. The van der Waals surface area contributed by atoms with E-state index >= 15 is 0 Å². The van der Waals surface area contributed by atoms with Gasteiger partial charge in [0.1, 0.15) is 5.75 Å². The highest BCUT2D eigenvalue weighted by Crippen LogP contribution is 2.42. The summed E-state index contributed by atoms with van der Waals surface area (Å²) in [4.78, 5) is 26.8. The Morgan fingerprint density at radius 3 is 2.52 bits per heavy atom. The number of methoxy groups -OCH3 is 1. The number of nitrogens with zero attached hydrogens (tertiary/aromatic N) is 2. The third-order valence-electron chi connectivity index (χ3n) is 4.34. The molecule has 3 amide bonds. The number of benzene rings is 1. The molecule has 0 bridgehead atoms. The molecule has 0 aromatic heterocycles. The number of hydrogen-bond donors (Lipinski definition) is 1. The molecule has 0 aliphatic carbocycles. The average Bonchev–Trinajstić information content (AvgIpc) is 3.03. The van der Waals surface area contributed by atoms with Crippen LogP contribution >= 0.6 is 0 Å². The van der Waals surface area contributed by atoms with Crippen LogP contribution in [0.15, 0.2) is 30.3 Å². The van der Waals surface area contributed by atoms with Gasteiger partial charge in [-0.1, -0.05) is 18.2 Å². The predicted octanol–water partition coefficient (Wildman–Crippen LogP) is 0.690. The van der Waals surface area contributed by atoms with Gasteiger partial charge in [-0.25, -0.2) is 4.79 Å². The monoisotopic (exact) mass is 318 g/mol. The van der Waals surface area contributed by atoms with Crippen molar-refractivity contribution in [3.05, 3.63) is 35.9 Å². The van der Waals surface area contributed by atoms with Crippen molar-refractivity contribution in [3.63, 3.8) is 0 Å². The molecule has 1 N–H and O–H groups in total. The molecule has 3 rings (SSSR count). The van der Waals surface area contributed by atoms with E-state index in [2.05, 4.69) is 0 Å². The van der Waals surface area contributed by atoms with Gasteiger partial charge in [-0.05, 0) is 17.7 Å². The number of rotatable bonds is 2. The topological polar surface area (TPSA) is 79.3 Å². The molecule has 7 heteroatoms. The number of hydrogen-bond acceptors (Lipinski definition) is 5. The van der Waals surface area contributed by atoms with Gasteiger partial charge < -0.3 is 14.6 Å². The molecule has 0 radical (unpaired) electrons. The zero-order valence-electron chi connectivity index (χ0n) is 13.1. The van der Waals surface area contributed by atoms with E-state index < -0.39 is 23.8 Å². The first kappa shape index (κ1) is 15.5. The first-order chi connectivity index (χ1) is 10.9. The van der Waals surface area contributed by atoms with E-state index in [1.807, 2.05) is 0 Å². The minimum atomic E-state index is -1.61. The number of carbonyl (C=O) groups is 2. The third kappa shape index (κ3) is 2.04. The number of carbonyl (C=O) groups excluding carboxylic acids is 2. The van der Waals surface area contributed by atoms with Crippen LogP contribution in [-0.2, 0) is 9.53 Å². The van der Waals surface area contributed by atoms with Gasteiger partial charge in [-0.2, -0.15) is 0 Å². The van der Waals surface area contributed by atoms with E-state index in [1.165, 1.54) is 14.1 Å². The van der Waals surface area contributed by atoms with Crippen LogP contribution in [0.4, 0.5) is 4.79 Å². The summed E-state index contributed by atoms with van der Waals surface area (Å²) in [6.45, 7) is 0.181. The van der Waals surface area contributed by atoms with Crippen molar-refractivity contribution < 1.29 is 24.2 Å². The summed E-state index contributed by atoms with van der Waals surface area (Å²) in [6.07, 6.45) is 0.356. The lowest BCUT2D eigenvalue weighted by Gasteiger charge is -2.45. The maximum atomic E-state index is 12.8. The molecule has 2 atom stereocenters. The van der Waals surface area contributed by atoms with Crippen LogP contribution in [0.5, 0.6) is 5.75 Å². The van der Waals surface area contributed by atoms with Gasteiger partial charge in [0.15, 0.2) is 6.23 Å². The fourth-order valence-corrected chi connectivity index (χ4v) is 3.04. The Hall–Kier alpha value is -2.38. The fraction of sp³-hybridized carbons (Fsp3) is 0.375. The van der Waals surface area contributed by atoms with E-state index in [0.29, 0.717) is 11.3 Å². The summed E-state index contributed by atoms with van der Waals surface area (Å²) in [6, 6.07) is 6.54. The SMILES string of the molecule is COc1ccc(C2=CCOC23C(=O)N(C)C(=O)N(C)C3O)cc1. The normalized spacial score (nSPS) is 27.7. The zero-order valence-corrected chi connectivity index (χ0v) is 13.1. The van der Waals surface area contributed by atoms with Gasteiger partial charge >= 0.3 is 6.03 Å². The lowest BCUT2D eigenvalue weighted by atomic mass is 9.84. The number of urea groups is 1. The highest BCUT2D eigenvalue weighted by atomic mass is 16.5. The summed E-state index contributed by atoms with van der Waals surface area (Å²) in [7, 11) is 4.38. The number of aliphatic hydroxyl groups excluding tert-OH is 1. The summed E-state index contributed by atoms with van der Waals surface area (Å²) in [5.41, 5.74) is -0.331. The summed E-state index contributed by atoms with van der Waals surface area (Å²) < 4.78 is 10.8.